The van der Waals surface area contributed by atoms with Gasteiger partial charge >= 0.3 is 5.97 Å². The van der Waals surface area contributed by atoms with Crippen molar-refractivity contribution in [1.29, 1.82) is 0 Å². The molecule has 132 valence electrons. The first-order chi connectivity index (χ1) is 12.2. The topological polar surface area (TPSA) is 52.1 Å². The van der Waals surface area contributed by atoms with Crippen LogP contribution in [0.4, 0.5) is 0 Å². The van der Waals surface area contributed by atoms with Crippen molar-refractivity contribution in [3.8, 4) is 17.1 Å². The van der Waals surface area contributed by atoms with Crippen LogP contribution in [0.2, 0.25) is 0 Å². The van der Waals surface area contributed by atoms with Gasteiger partial charge < -0.3 is 4.74 Å². The lowest BCUT2D eigenvalue weighted by molar-refractivity contribution is -0.134. The number of carbonyl (C=O) groups excluding carboxylic acids is 1. The Balaban J connectivity index is 1.71. The van der Waals surface area contributed by atoms with Crippen LogP contribution in [0.5, 0.6) is 5.75 Å². The third-order valence-corrected chi connectivity index (χ3v) is 4.75. The first kappa shape index (κ1) is 17.6. The maximum Gasteiger partial charge on any atom is 0.311 e. The number of esters is 1. The van der Waals surface area contributed by atoms with E-state index < -0.39 is 0 Å². The number of rotatable bonds is 6. The van der Waals surface area contributed by atoms with Crippen molar-refractivity contribution < 1.29 is 9.53 Å². The minimum absolute atomic E-state index is 0.193. The molecule has 1 heterocycles. The predicted octanol–water partition coefficient (Wildman–Crippen LogP) is 4.75. The molecule has 1 atom stereocenters. The fourth-order valence-electron chi connectivity index (χ4n) is 3.44. The van der Waals surface area contributed by atoms with Crippen LogP contribution in [0.15, 0.2) is 30.5 Å². The summed E-state index contributed by atoms with van der Waals surface area (Å²) in [5.41, 5.74) is 3.45. The van der Waals surface area contributed by atoms with E-state index in [1.807, 2.05) is 37.4 Å². The Morgan fingerprint density at radius 3 is 2.72 bits per heavy atom. The molecule has 0 spiro atoms. The summed E-state index contributed by atoms with van der Waals surface area (Å²) in [5.74, 6) is 1.91. The van der Waals surface area contributed by atoms with E-state index >= 15 is 0 Å². The molecule has 0 radical (unpaired) electrons. The third kappa shape index (κ3) is 4.44. The lowest BCUT2D eigenvalue weighted by Crippen LogP contribution is -2.16. The lowest BCUT2D eigenvalue weighted by atomic mass is 9.84. The van der Waals surface area contributed by atoms with Gasteiger partial charge in [-0.1, -0.05) is 26.7 Å². The smallest absolute Gasteiger partial charge is 0.311 e. The first-order valence-electron chi connectivity index (χ1n) is 9.35. The number of aryl methyl sites for hydroxylation is 1. The number of benzene rings is 1. The molecule has 1 aliphatic rings. The second-order valence-corrected chi connectivity index (χ2v) is 6.81. The SMILES string of the molecule is CCCC(=O)Oc1ccc(-c2ncc3c(n2)CCC(CCC)C3)cc1. The molecule has 3 rings (SSSR count). The van der Waals surface area contributed by atoms with Crippen molar-refractivity contribution in [2.24, 2.45) is 5.92 Å². The summed E-state index contributed by atoms with van der Waals surface area (Å²) in [7, 11) is 0. The zero-order valence-electron chi connectivity index (χ0n) is 15.1. The minimum Gasteiger partial charge on any atom is -0.427 e. The molecule has 4 nitrogen and oxygen atoms in total. The Bertz CT molecular complexity index is 725. The molecule has 0 N–H and O–H groups in total. The van der Waals surface area contributed by atoms with Crippen LogP contribution < -0.4 is 4.74 Å². The van der Waals surface area contributed by atoms with Gasteiger partial charge in [-0.25, -0.2) is 9.97 Å². The van der Waals surface area contributed by atoms with Crippen molar-refractivity contribution in [2.45, 2.75) is 58.8 Å². The van der Waals surface area contributed by atoms with Crippen LogP contribution >= 0.6 is 0 Å². The van der Waals surface area contributed by atoms with Crippen molar-refractivity contribution in [1.82, 2.24) is 9.97 Å². The molecule has 1 aromatic heterocycles. The first-order valence-corrected chi connectivity index (χ1v) is 9.35. The average molecular weight is 338 g/mol. The molecular weight excluding hydrogens is 312 g/mol. The number of hydrogen-bond donors (Lipinski definition) is 0. The predicted molar refractivity (Wildman–Crippen MR) is 98.4 cm³/mol. The van der Waals surface area contributed by atoms with Gasteiger partial charge in [-0.05, 0) is 61.4 Å². The van der Waals surface area contributed by atoms with Gasteiger partial charge in [-0.2, -0.15) is 0 Å². The second kappa shape index (κ2) is 8.24. The summed E-state index contributed by atoms with van der Waals surface area (Å²) in [6.07, 6.45) is 9.14. The van der Waals surface area contributed by atoms with Crippen molar-refractivity contribution in [3.63, 3.8) is 0 Å². The van der Waals surface area contributed by atoms with Gasteiger partial charge in [-0.15, -0.1) is 0 Å². The molecule has 0 amide bonds. The van der Waals surface area contributed by atoms with Crippen molar-refractivity contribution in [2.75, 3.05) is 0 Å². The van der Waals surface area contributed by atoms with E-state index in [0.717, 1.165) is 36.6 Å². The van der Waals surface area contributed by atoms with E-state index in [-0.39, 0.29) is 5.97 Å². The molecule has 0 aliphatic heterocycles. The van der Waals surface area contributed by atoms with Crippen LogP contribution in [-0.2, 0) is 17.6 Å². The summed E-state index contributed by atoms with van der Waals surface area (Å²) in [6.45, 7) is 4.21. The molecule has 25 heavy (non-hydrogen) atoms. The number of fused-ring (bicyclic) bond motifs is 1. The molecular formula is C21H26N2O2. The summed E-state index contributed by atoms with van der Waals surface area (Å²) < 4.78 is 5.29. The molecule has 2 aromatic rings. The Labute approximate surface area is 149 Å². The molecule has 1 unspecified atom stereocenters. The largest absolute Gasteiger partial charge is 0.427 e. The quantitative estimate of drug-likeness (QED) is 0.563. The molecule has 1 aromatic carbocycles. The summed E-state index contributed by atoms with van der Waals surface area (Å²) in [5, 5.41) is 0. The zero-order valence-corrected chi connectivity index (χ0v) is 15.1. The van der Waals surface area contributed by atoms with Crippen molar-refractivity contribution in [3.05, 3.63) is 41.7 Å². The van der Waals surface area contributed by atoms with Crippen LogP contribution in [0.3, 0.4) is 0 Å². The van der Waals surface area contributed by atoms with Crippen LogP contribution in [0.1, 0.15) is 57.2 Å². The normalized spacial score (nSPS) is 16.3. The zero-order chi connectivity index (χ0) is 17.6. The number of carbonyl (C=O) groups is 1. The Kier molecular flexibility index (Phi) is 5.79. The van der Waals surface area contributed by atoms with Gasteiger partial charge in [-0.3, -0.25) is 4.79 Å². The lowest BCUT2D eigenvalue weighted by Gasteiger charge is -2.23. The monoisotopic (exact) mass is 338 g/mol. The average Bonchev–Trinajstić information content (AvgIpc) is 2.62. The van der Waals surface area contributed by atoms with Crippen LogP contribution in [0.25, 0.3) is 11.4 Å². The Morgan fingerprint density at radius 2 is 2.00 bits per heavy atom. The van der Waals surface area contributed by atoms with Gasteiger partial charge in [0.05, 0.1) is 0 Å². The highest BCUT2D eigenvalue weighted by Gasteiger charge is 2.20. The van der Waals surface area contributed by atoms with E-state index in [1.165, 1.54) is 30.5 Å². The fourth-order valence-corrected chi connectivity index (χ4v) is 3.44. The van der Waals surface area contributed by atoms with E-state index in [2.05, 4.69) is 11.9 Å². The van der Waals surface area contributed by atoms with Gasteiger partial charge in [0.1, 0.15) is 5.75 Å². The molecule has 4 heteroatoms. The standard InChI is InChI=1S/C21H26N2O2/c1-3-5-15-7-12-19-17(13-15)14-22-21(23-19)16-8-10-18(11-9-16)25-20(24)6-4-2/h8-11,14-15H,3-7,12-13H2,1-2H3. The van der Waals surface area contributed by atoms with Gasteiger partial charge in [0.25, 0.3) is 0 Å². The molecule has 0 saturated heterocycles. The molecule has 0 saturated carbocycles. The van der Waals surface area contributed by atoms with Gasteiger partial charge in [0, 0.05) is 23.9 Å². The highest BCUT2D eigenvalue weighted by molar-refractivity contribution is 5.72. The number of nitrogens with zero attached hydrogens (tertiary/aromatic N) is 2. The van der Waals surface area contributed by atoms with E-state index in [1.54, 1.807) is 0 Å². The van der Waals surface area contributed by atoms with E-state index in [9.17, 15) is 4.79 Å². The maximum atomic E-state index is 11.6. The van der Waals surface area contributed by atoms with Crippen LogP contribution in [-0.4, -0.2) is 15.9 Å². The van der Waals surface area contributed by atoms with Gasteiger partial charge in [0.15, 0.2) is 5.82 Å². The minimum atomic E-state index is -0.193. The van der Waals surface area contributed by atoms with E-state index in [4.69, 9.17) is 9.72 Å². The number of aromatic nitrogens is 2. The van der Waals surface area contributed by atoms with Gasteiger partial charge in [0.2, 0.25) is 0 Å². The highest BCUT2D eigenvalue weighted by Crippen LogP contribution is 2.28. The Hall–Kier alpha value is -2.23. The molecule has 0 fully saturated rings. The third-order valence-electron chi connectivity index (χ3n) is 4.75. The van der Waals surface area contributed by atoms with Crippen LogP contribution in [0, 0.1) is 5.92 Å². The summed E-state index contributed by atoms with van der Waals surface area (Å²) >= 11 is 0. The van der Waals surface area contributed by atoms with E-state index in [0.29, 0.717) is 12.2 Å². The molecule has 1 aliphatic carbocycles. The Morgan fingerprint density at radius 1 is 1.20 bits per heavy atom. The number of hydrogen-bond acceptors (Lipinski definition) is 4. The summed E-state index contributed by atoms with van der Waals surface area (Å²) in [6, 6.07) is 7.45. The number of ether oxygens (including phenoxy) is 1. The van der Waals surface area contributed by atoms with Crippen molar-refractivity contribution >= 4 is 5.97 Å². The molecule has 0 bridgehead atoms. The highest BCUT2D eigenvalue weighted by atomic mass is 16.5. The second-order valence-electron chi connectivity index (χ2n) is 6.81. The summed E-state index contributed by atoms with van der Waals surface area (Å²) in [4.78, 5) is 20.9. The fraction of sp³-hybridized carbons (Fsp3) is 0.476. The maximum absolute atomic E-state index is 11.6.